The highest BCUT2D eigenvalue weighted by Gasteiger charge is 2.12. The maximum atomic E-state index is 12.1. The Kier molecular flexibility index (Phi) is 6.21. The van der Waals surface area contributed by atoms with Gasteiger partial charge in [0.25, 0.3) is 0 Å². The van der Waals surface area contributed by atoms with Crippen molar-refractivity contribution in [2.75, 3.05) is 30.8 Å². The zero-order valence-electron chi connectivity index (χ0n) is 13.7. The van der Waals surface area contributed by atoms with Gasteiger partial charge in [-0.1, -0.05) is 29.3 Å². The second-order valence-electron chi connectivity index (χ2n) is 5.52. The van der Waals surface area contributed by atoms with Crippen molar-refractivity contribution < 1.29 is 9.59 Å². The van der Waals surface area contributed by atoms with Crippen LogP contribution in [0.25, 0.3) is 0 Å². The zero-order chi connectivity index (χ0) is 17.5. The lowest BCUT2D eigenvalue weighted by molar-refractivity contribution is -0.131. The molecule has 0 bridgehead atoms. The summed E-state index contributed by atoms with van der Waals surface area (Å²) >= 11 is 5.81. The number of anilines is 2. The minimum atomic E-state index is -0.235. The third kappa shape index (κ3) is 5.59. The lowest BCUT2D eigenvalue weighted by Crippen LogP contribution is -2.38. The van der Waals surface area contributed by atoms with Crippen molar-refractivity contribution in [1.82, 2.24) is 4.90 Å². The fourth-order valence-electron chi connectivity index (χ4n) is 2.02. The Hall–Kier alpha value is -2.53. The van der Waals surface area contributed by atoms with Gasteiger partial charge in [-0.3, -0.25) is 9.59 Å². The van der Waals surface area contributed by atoms with E-state index in [0.717, 1.165) is 11.3 Å². The minimum Gasteiger partial charge on any atom is -0.376 e. The van der Waals surface area contributed by atoms with Gasteiger partial charge >= 0.3 is 0 Å². The Morgan fingerprint density at radius 1 is 1.00 bits per heavy atom. The van der Waals surface area contributed by atoms with Crippen LogP contribution < -0.4 is 10.6 Å². The van der Waals surface area contributed by atoms with Gasteiger partial charge in [0.2, 0.25) is 11.8 Å². The number of amides is 2. The van der Waals surface area contributed by atoms with Gasteiger partial charge in [-0.05, 0) is 43.3 Å². The van der Waals surface area contributed by atoms with Gasteiger partial charge in [0.1, 0.15) is 0 Å². The fraction of sp³-hybridized carbons (Fsp3) is 0.222. The van der Waals surface area contributed by atoms with Crippen molar-refractivity contribution in [2.24, 2.45) is 0 Å². The molecule has 0 fully saturated rings. The molecule has 2 amide bonds. The first-order chi connectivity index (χ1) is 11.4. The average Bonchev–Trinajstić information content (AvgIpc) is 2.56. The first kappa shape index (κ1) is 17.8. The molecule has 0 aliphatic carbocycles. The average molecular weight is 346 g/mol. The molecule has 0 aliphatic heterocycles. The first-order valence-electron chi connectivity index (χ1n) is 7.54. The summed E-state index contributed by atoms with van der Waals surface area (Å²) in [5.41, 5.74) is 2.63. The van der Waals surface area contributed by atoms with Crippen LogP contribution >= 0.6 is 11.6 Å². The molecule has 0 unspecified atom stereocenters. The molecule has 5 nitrogen and oxygen atoms in total. The molecule has 0 spiro atoms. The quantitative estimate of drug-likeness (QED) is 0.845. The van der Waals surface area contributed by atoms with E-state index < -0.39 is 0 Å². The molecule has 24 heavy (non-hydrogen) atoms. The summed E-state index contributed by atoms with van der Waals surface area (Å²) in [6.45, 7) is 2.08. The number of halogens is 1. The summed E-state index contributed by atoms with van der Waals surface area (Å²) < 4.78 is 0. The SMILES string of the molecule is Cc1ccc(NC(=O)CN(C)C(=O)CNc2ccc(Cl)cc2)cc1. The Bertz CT molecular complexity index is 699. The van der Waals surface area contributed by atoms with E-state index in [1.807, 2.05) is 31.2 Å². The number of hydrogen-bond acceptors (Lipinski definition) is 3. The molecular weight excluding hydrogens is 326 g/mol. The first-order valence-corrected chi connectivity index (χ1v) is 7.92. The highest BCUT2D eigenvalue weighted by molar-refractivity contribution is 6.30. The smallest absolute Gasteiger partial charge is 0.243 e. The Labute approximate surface area is 146 Å². The van der Waals surface area contributed by atoms with Crippen molar-refractivity contribution >= 4 is 34.8 Å². The summed E-state index contributed by atoms with van der Waals surface area (Å²) in [5.74, 6) is -0.412. The largest absolute Gasteiger partial charge is 0.376 e. The van der Waals surface area contributed by atoms with Crippen LogP contribution in [0, 0.1) is 6.92 Å². The molecule has 0 heterocycles. The van der Waals surface area contributed by atoms with Gasteiger partial charge < -0.3 is 15.5 Å². The molecule has 0 saturated carbocycles. The molecule has 0 aromatic heterocycles. The van der Waals surface area contributed by atoms with E-state index >= 15 is 0 Å². The fourth-order valence-corrected chi connectivity index (χ4v) is 2.15. The van der Waals surface area contributed by atoms with Gasteiger partial charge in [-0.25, -0.2) is 0 Å². The predicted octanol–water partition coefficient (Wildman–Crippen LogP) is 3.16. The Morgan fingerprint density at radius 3 is 2.21 bits per heavy atom. The number of benzene rings is 2. The van der Waals surface area contributed by atoms with Crippen molar-refractivity contribution in [3.63, 3.8) is 0 Å². The normalized spacial score (nSPS) is 10.1. The highest BCUT2D eigenvalue weighted by atomic mass is 35.5. The van der Waals surface area contributed by atoms with Crippen molar-refractivity contribution in [3.8, 4) is 0 Å². The molecule has 126 valence electrons. The van der Waals surface area contributed by atoms with E-state index in [-0.39, 0.29) is 24.9 Å². The van der Waals surface area contributed by atoms with Crippen LogP contribution in [-0.4, -0.2) is 36.9 Å². The van der Waals surface area contributed by atoms with Crippen LogP contribution in [0.4, 0.5) is 11.4 Å². The number of likely N-dealkylation sites (N-methyl/N-ethyl adjacent to an activating group) is 1. The van der Waals surface area contributed by atoms with Gasteiger partial charge in [-0.2, -0.15) is 0 Å². The Morgan fingerprint density at radius 2 is 1.58 bits per heavy atom. The third-order valence-electron chi connectivity index (χ3n) is 3.43. The van der Waals surface area contributed by atoms with Crippen LogP contribution in [0.5, 0.6) is 0 Å². The number of nitrogens with one attached hydrogen (secondary N) is 2. The summed E-state index contributed by atoms with van der Waals surface area (Å²) in [4.78, 5) is 25.4. The van der Waals surface area contributed by atoms with Gasteiger partial charge in [0.05, 0.1) is 13.1 Å². The van der Waals surface area contributed by atoms with Crippen LogP contribution in [0.2, 0.25) is 5.02 Å². The summed E-state index contributed by atoms with van der Waals surface area (Å²) in [6, 6.07) is 14.6. The summed E-state index contributed by atoms with van der Waals surface area (Å²) in [5, 5.41) is 6.40. The minimum absolute atomic E-state index is 0.00495. The van der Waals surface area contributed by atoms with Crippen LogP contribution in [-0.2, 0) is 9.59 Å². The van der Waals surface area contributed by atoms with E-state index in [1.165, 1.54) is 4.90 Å². The number of aryl methyl sites for hydroxylation is 1. The zero-order valence-corrected chi connectivity index (χ0v) is 14.4. The van der Waals surface area contributed by atoms with E-state index in [2.05, 4.69) is 10.6 Å². The number of nitrogens with zero attached hydrogens (tertiary/aromatic N) is 1. The molecule has 0 saturated heterocycles. The van der Waals surface area contributed by atoms with E-state index in [0.29, 0.717) is 10.7 Å². The molecule has 0 atom stereocenters. The maximum absolute atomic E-state index is 12.1. The van der Waals surface area contributed by atoms with Gasteiger partial charge in [0.15, 0.2) is 0 Å². The molecular formula is C18H20ClN3O2. The predicted molar refractivity (Wildman–Crippen MR) is 97.4 cm³/mol. The van der Waals surface area contributed by atoms with Crippen molar-refractivity contribution in [1.29, 1.82) is 0 Å². The molecule has 2 rings (SSSR count). The number of rotatable bonds is 6. The topological polar surface area (TPSA) is 61.4 Å². The molecule has 0 radical (unpaired) electrons. The van der Waals surface area contributed by atoms with E-state index in [1.54, 1.807) is 31.3 Å². The van der Waals surface area contributed by atoms with Crippen molar-refractivity contribution in [3.05, 3.63) is 59.1 Å². The van der Waals surface area contributed by atoms with Crippen LogP contribution in [0.1, 0.15) is 5.56 Å². The lowest BCUT2D eigenvalue weighted by atomic mass is 10.2. The summed E-state index contributed by atoms with van der Waals surface area (Å²) in [7, 11) is 1.60. The monoisotopic (exact) mass is 345 g/mol. The lowest BCUT2D eigenvalue weighted by Gasteiger charge is -2.17. The molecule has 2 aromatic rings. The molecule has 2 aromatic carbocycles. The van der Waals surface area contributed by atoms with Crippen molar-refractivity contribution in [2.45, 2.75) is 6.92 Å². The molecule has 2 N–H and O–H groups in total. The van der Waals surface area contributed by atoms with Crippen LogP contribution in [0.3, 0.4) is 0 Å². The second-order valence-corrected chi connectivity index (χ2v) is 5.96. The molecule has 6 heteroatoms. The standard InChI is InChI=1S/C18H20ClN3O2/c1-13-3-7-16(8-4-13)21-17(23)12-22(2)18(24)11-20-15-9-5-14(19)6-10-15/h3-10,20H,11-12H2,1-2H3,(H,21,23). The summed E-state index contributed by atoms with van der Waals surface area (Å²) in [6.07, 6.45) is 0. The number of carbonyl (C=O) groups excluding carboxylic acids is 2. The maximum Gasteiger partial charge on any atom is 0.243 e. The Balaban J connectivity index is 1.78. The van der Waals surface area contributed by atoms with Gasteiger partial charge in [-0.15, -0.1) is 0 Å². The van der Waals surface area contributed by atoms with Crippen LogP contribution in [0.15, 0.2) is 48.5 Å². The second kappa shape index (κ2) is 8.36. The molecule has 0 aliphatic rings. The highest BCUT2D eigenvalue weighted by Crippen LogP contribution is 2.13. The van der Waals surface area contributed by atoms with E-state index in [4.69, 9.17) is 11.6 Å². The number of hydrogen-bond donors (Lipinski definition) is 2. The number of carbonyl (C=O) groups is 2. The third-order valence-corrected chi connectivity index (χ3v) is 3.68. The van der Waals surface area contributed by atoms with E-state index in [9.17, 15) is 9.59 Å². The van der Waals surface area contributed by atoms with Gasteiger partial charge in [0, 0.05) is 23.4 Å².